The first kappa shape index (κ1) is 22.6. The van der Waals surface area contributed by atoms with Crippen LogP contribution in [0.2, 0.25) is 0 Å². The molecule has 0 aliphatic carbocycles. The van der Waals surface area contributed by atoms with Crippen molar-refractivity contribution in [3.63, 3.8) is 0 Å². The summed E-state index contributed by atoms with van der Waals surface area (Å²) >= 11 is 1.20. The minimum Gasteiger partial charge on any atom is -0.497 e. The molecule has 9 nitrogen and oxygen atoms in total. The summed E-state index contributed by atoms with van der Waals surface area (Å²) in [7, 11) is 2.23. The molecule has 0 saturated carbocycles. The van der Waals surface area contributed by atoms with Crippen molar-refractivity contribution in [3.8, 4) is 39.4 Å². The van der Waals surface area contributed by atoms with Crippen LogP contribution >= 0.6 is 11.3 Å². The van der Waals surface area contributed by atoms with E-state index in [1.807, 2.05) is 0 Å². The molecule has 2 aromatic heterocycles. The number of sulfonamides is 1. The quantitative estimate of drug-likeness (QED) is 0.362. The molecular weight excluding hydrogens is 466 g/mol. The van der Waals surface area contributed by atoms with Crippen molar-refractivity contribution in [1.29, 1.82) is 0 Å². The van der Waals surface area contributed by atoms with Gasteiger partial charge < -0.3 is 18.7 Å². The molecule has 4 aromatic rings. The first-order valence-corrected chi connectivity index (χ1v) is 12.0. The minimum absolute atomic E-state index is 0.0734. The number of thiophene rings is 1. The van der Waals surface area contributed by atoms with Crippen molar-refractivity contribution in [1.82, 2.24) is 10.1 Å². The van der Waals surface area contributed by atoms with Crippen molar-refractivity contribution in [3.05, 3.63) is 53.9 Å². The normalized spacial score (nSPS) is 11.3. The predicted molar refractivity (Wildman–Crippen MR) is 125 cm³/mol. The molecule has 0 aliphatic heterocycles. The maximum Gasteiger partial charge on any atom is 0.269 e. The van der Waals surface area contributed by atoms with Gasteiger partial charge >= 0.3 is 0 Å². The highest BCUT2D eigenvalue weighted by Gasteiger charge is 2.29. The Morgan fingerprint density at radius 1 is 0.909 bits per heavy atom. The van der Waals surface area contributed by atoms with Crippen LogP contribution < -0.4 is 18.5 Å². The van der Waals surface area contributed by atoms with Gasteiger partial charge in [0.1, 0.15) is 27.0 Å². The lowest BCUT2D eigenvalue weighted by Crippen LogP contribution is -2.26. The molecule has 4 rings (SSSR count). The van der Waals surface area contributed by atoms with Crippen LogP contribution in [0.25, 0.3) is 22.2 Å². The van der Waals surface area contributed by atoms with Gasteiger partial charge in [-0.25, -0.2) is 8.42 Å². The van der Waals surface area contributed by atoms with E-state index in [1.54, 1.807) is 69.2 Å². The van der Waals surface area contributed by atoms with Crippen molar-refractivity contribution in [2.75, 3.05) is 32.7 Å². The van der Waals surface area contributed by atoms with Crippen LogP contribution in [0, 0.1) is 0 Å². The van der Waals surface area contributed by atoms with E-state index in [1.165, 1.54) is 28.8 Å². The Labute approximate surface area is 195 Å². The van der Waals surface area contributed by atoms with E-state index in [9.17, 15) is 8.42 Å². The third-order valence-corrected chi connectivity index (χ3v) is 7.79. The van der Waals surface area contributed by atoms with Crippen LogP contribution in [-0.2, 0) is 10.0 Å². The SMILES string of the molecule is COc1ccc(N(C)S(=O)(=O)c2ccsc2-c2nc(-c3cc(OC)cc(OC)c3)no2)cc1. The van der Waals surface area contributed by atoms with Crippen molar-refractivity contribution < 1.29 is 27.2 Å². The minimum atomic E-state index is -3.89. The molecular formula is C22H21N3O6S2. The number of ether oxygens (including phenoxy) is 3. The monoisotopic (exact) mass is 487 g/mol. The Morgan fingerprint density at radius 3 is 2.15 bits per heavy atom. The van der Waals surface area contributed by atoms with Crippen LogP contribution in [0.1, 0.15) is 0 Å². The van der Waals surface area contributed by atoms with Crippen LogP contribution in [0.5, 0.6) is 17.2 Å². The maximum absolute atomic E-state index is 13.4. The zero-order valence-electron chi connectivity index (χ0n) is 18.3. The van der Waals surface area contributed by atoms with Crippen LogP contribution in [0.15, 0.2) is 63.3 Å². The maximum atomic E-state index is 13.4. The molecule has 0 fully saturated rings. The highest BCUT2D eigenvalue weighted by Crippen LogP contribution is 2.36. The van der Waals surface area contributed by atoms with Crippen LogP contribution in [0.4, 0.5) is 5.69 Å². The van der Waals surface area contributed by atoms with Crippen molar-refractivity contribution in [2.24, 2.45) is 0 Å². The summed E-state index contributed by atoms with van der Waals surface area (Å²) in [5.41, 5.74) is 1.10. The van der Waals surface area contributed by atoms with Gasteiger partial charge in [-0.3, -0.25) is 4.31 Å². The summed E-state index contributed by atoms with van der Waals surface area (Å²) in [4.78, 5) is 4.85. The Bertz CT molecular complexity index is 1340. The Morgan fingerprint density at radius 2 is 1.55 bits per heavy atom. The van der Waals surface area contributed by atoms with Crippen LogP contribution in [0.3, 0.4) is 0 Å². The molecule has 11 heteroatoms. The first-order chi connectivity index (χ1) is 15.9. The molecule has 2 heterocycles. The van der Waals surface area contributed by atoms with E-state index in [2.05, 4.69) is 10.1 Å². The second-order valence-electron chi connectivity index (χ2n) is 6.81. The third-order valence-electron chi connectivity index (χ3n) is 4.93. The van der Waals surface area contributed by atoms with Gasteiger partial charge in [0.25, 0.3) is 15.9 Å². The van der Waals surface area contributed by atoms with Gasteiger partial charge in [0.15, 0.2) is 0 Å². The average Bonchev–Trinajstić information content (AvgIpc) is 3.53. The number of rotatable bonds is 8. The van der Waals surface area contributed by atoms with Gasteiger partial charge in [0.2, 0.25) is 5.82 Å². The second-order valence-corrected chi connectivity index (χ2v) is 9.66. The van der Waals surface area contributed by atoms with Gasteiger partial charge in [0.05, 0.1) is 27.0 Å². The molecule has 0 bridgehead atoms. The summed E-state index contributed by atoms with van der Waals surface area (Å²) < 4.78 is 49.1. The predicted octanol–water partition coefficient (Wildman–Crippen LogP) is 4.32. The van der Waals surface area contributed by atoms with E-state index in [4.69, 9.17) is 18.7 Å². The standard InChI is InChI=1S/C22H21N3O6S2/c1-25(15-5-7-16(28-2)8-6-15)33(26,27)19-9-10-32-20(19)22-23-21(24-31-22)14-11-17(29-3)13-18(12-14)30-4/h5-13H,1-4H3. The molecule has 0 radical (unpaired) electrons. The molecule has 0 aliphatic rings. The Kier molecular flexibility index (Phi) is 6.25. The van der Waals surface area contributed by atoms with Crippen LogP contribution in [-0.4, -0.2) is 46.9 Å². The van der Waals surface area contributed by atoms with Gasteiger partial charge in [-0.1, -0.05) is 5.16 Å². The van der Waals surface area contributed by atoms with Crippen molar-refractivity contribution >= 4 is 27.0 Å². The molecule has 2 aromatic carbocycles. The molecule has 0 N–H and O–H groups in total. The highest BCUT2D eigenvalue weighted by molar-refractivity contribution is 7.93. The van der Waals surface area contributed by atoms with Crippen molar-refractivity contribution in [2.45, 2.75) is 4.90 Å². The molecule has 33 heavy (non-hydrogen) atoms. The van der Waals surface area contributed by atoms with Gasteiger partial charge in [-0.05, 0) is 47.8 Å². The number of nitrogens with zero attached hydrogens (tertiary/aromatic N) is 3. The number of benzene rings is 2. The summed E-state index contributed by atoms with van der Waals surface area (Å²) in [6, 6.07) is 13.5. The van der Waals surface area contributed by atoms with Gasteiger partial charge in [-0.2, -0.15) is 4.98 Å². The fourth-order valence-electron chi connectivity index (χ4n) is 3.10. The number of hydrogen-bond donors (Lipinski definition) is 0. The summed E-state index contributed by atoms with van der Waals surface area (Å²) in [6.45, 7) is 0. The van der Waals surface area contributed by atoms with Gasteiger partial charge in [-0.15, -0.1) is 11.3 Å². The Balaban J connectivity index is 1.69. The van der Waals surface area contributed by atoms with Gasteiger partial charge in [0, 0.05) is 18.7 Å². The molecule has 172 valence electrons. The molecule has 0 spiro atoms. The topological polar surface area (TPSA) is 104 Å². The fraction of sp³-hybridized carbons (Fsp3) is 0.182. The lowest BCUT2D eigenvalue weighted by atomic mass is 10.2. The molecule has 0 amide bonds. The number of hydrogen-bond acceptors (Lipinski definition) is 9. The number of methoxy groups -OCH3 is 3. The molecule has 0 unspecified atom stereocenters. The second kappa shape index (κ2) is 9.12. The smallest absolute Gasteiger partial charge is 0.269 e. The summed E-state index contributed by atoms with van der Waals surface area (Å²) in [5.74, 6) is 2.15. The lowest BCUT2D eigenvalue weighted by Gasteiger charge is -2.19. The van der Waals surface area contributed by atoms with E-state index < -0.39 is 10.0 Å². The fourth-order valence-corrected chi connectivity index (χ4v) is 5.61. The number of aromatic nitrogens is 2. The molecule has 0 atom stereocenters. The summed E-state index contributed by atoms with van der Waals surface area (Å²) in [6.07, 6.45) is 0. The van der Waals surface area contributed by atoms with E-state index >= 15 is 0 Å². The zero-order chi connectivity index (χ0) is 23.6. The molecule has 0 saturated heterocycles. The summed E-state index contributed by atoms with van der Waals surface area (Å²) in [5, 5.41) is 5.69. The van der Waals surface area contributed by atoms with E-state index in [0.717, 1.165) is 0 Å². The first-order valence-electron chi connectivity index (χ1n) is 9.65. The highest BCUT2D eigenvalue weighted by atomic mass is 32.2. The number of anilines is 1. The largest absolute Gasteiger partial charge is 0.497 e. The van der Waals surface area contributed by atoms with E-state index in [-0.39, 0.29) is 16.6 Å². The third kappa shape index (κ3) is 4.37. The lowest BCUT2D eigenvalue weighted by molar-refractivity contribution is 0.394. The Hall–Kier alpha value is -3.57. The van der Waals surface area contributed by atoms with E-state index in [0.29, 0.717) is 33.4 Å². The zero-order valence-corrected chi connectivity index (χ0v) is 19.9. The average molecular weight is 488 g/mol.